The fourth-order valence-corrected chi connectivity index (χ4v) is 4.33. The fourth-order valence-electron chi connectivity index (χ4n) is 4.22. The van der Waals surface area contributed by atoms with Crippen molar-refractivity contribution >= 4 is 57.8 Å². The van der Waals surface area contributed by atoms with Gasteiger partial charge in [0.2, 0.25) is 17.6 Å². The Hall–Kier alpha value is -4.07. The number of aromatic nitrogens is 2. The molecule has 0 saturated carbocycles. The molecule has 1 fully saturated rings. The molecule has 0 unspecified atom stereocenters. The topological polar surface area (TPSA) is 150 Å². The summed E-state index contributed by atoms with van der Waals surface area (Å²) in [6.07, 6.45) is 2.65. The van der Waals surface area contributed by atoms with E-state index < -0.39 is 5.91 Å². The maximum atomic E-state index is 13.2. The van der Waals surface area contributed by atoms with Crippen molar-refractivity contribution in [1.29, 1.82) is 0 Å². The Kier molecular flexibility index (Phi) is 10.4. The molecule has 0 bridgehead atoms. The Bertz CT molecular complexity index is 1440. The van der Waals surface area contributed by atoms with E-state index in [1.807, 2.05) is 19.0 Å². The minimum absolute atomic E-state index is 0.0513. The molecule has 1 saturated heterocycles. The molecule has 4 amide bonds. The number of hydrogen-bond donors (Lipinski definition) is 2. The van der Waals surface area contributed by atoms with Crippen molar-refractivity contribution in [3.63, 3.8) is 0 Å². The van der Waals surface area contributed by atoms with E-state index in [1.165, 1.54) is 18.3 Å². The van der Waals surface area contributed by atoms with Crippen LogP contribution in [0.2, 0.25) is 5.02 Å². The number of morpholine rings is 1. The Morgan fingerprint density at radius 1 is 1.07 bits per heavy atom. The molecule has 1 aliphatic rings. The average Bonchev–Trinajstić information content (AvgIpc) is 3.33. The molecule has 0 aliphatic carbocycles. The molecular weight excluding hydrogens is 566 g/mol. The zero-order chi connectivity index (χ0) is 30.2. The van der Waals surface area contributed by atoms with E-state index in [-0.39, 0.29) is 64.8 Å². The second kappa shape index (κ2) is 14.2. The highest BCUT2D eigenvalue weighted by Gasteiger charge is 2.26. The van der Waals surface area contributed by atoms with Gasteiger partial charge in [-0.3, -0.25) is 19.2 Å². The number of fused-ring (bicyclic) bond motifs is 1. The number of amides is 4. The number of likely N-dealkylation sites (N-methyl/N-ethyl adjacent to an activating group) is 2. The molecule has 0 radical (unpaired) electrons. The van der Waals surface area contributed by atoms with E-state index in [4.69, 9.17) is 20.8 Å². The summed E-state index contributed by atoms with van der Waals surface area (Å²) in [5.41, 5.74) is 0.582. The molecule has 13 nitrogen and oxygen atoms in total. The number of unbranched alkanes of at least 4 members (excludes halogenated alkanes) is 1. The van der Waals surface area contributed by atoms with Crippen LogP contribution in [0.1, 0.15) is 40.3 Å². The highest BCUT2D eigenvalue weighted by molar-refractivity contribution is 6.30. The van der Waals surface area contributed by atoms with Gasteiger partial charge < -0.3 is 34.5 Å². The van der Waals surface area contributed by atoms with E-state index in [0.29, 0.717) is 50.7 Å². The van der Waals surface area contributed by atoms with Gasteiger partial charge in [0, 0.05) is 45.8 Å². The van der Waals surface area contributed by atoms with Gasteiger partial charge in [-0.1, -0.05) is 11.6 Å². The average molecular weight is 600 g/mol. The Morgan fingerprint density at radius 3 is 2.60 bits per heavy atom. The summed E-state index contributed by atoms with van der Waals surface area (Å²) in [5, 5.41) is 5.79. The molecule has 3 aromatic rings. The van der Waals surface area contributed by atoms with Crippen molar-refractivity contribution in [3.8, 4) is 0 Å². The Labute approximate surface area is 248 Å². The van der Waals surface area contributed by atoms with E-state index in [2.05, 4.69) is 20.6 Å². The maximum Gasteiger partial charge on any atom is 0.294 e. The number of hydrogen-bond acceptors (Lipinski definition) is 9. The number of carbonyl (C=O) groups is 4. The third-order valence-electron chi connectivity index (χ3n) is 6.59. The van der Waals surface area contributed by atoms with Crippen LogP contribution in [-0.2, 0) is 14.3 Å². The first-order valence-electron chi connectivity index (χ1n) is 13.5. The second-order valence-corrected chi connectivity index (χ2v) is 10.6. The molecule has 42 heavy (non-hydrogen) atoms. The lowest BCUT2D eigenvalue weighted by Crippen LogP contribution is -2.42. The van der Waals surface area contributed by atoms with Crippen LogP contribution in [0, 0.1) is 0 Å². The highest BCUT2D eigenvalue weighted by Crippen LogP contribution is 2.31. The number of halogens is 1. The lowest BCUT2D eigenvalue weighted by Gasteiger charge is -2.26. The monoisotopic (exact) mass is 599 g/mol. The molecule has 0 aromatic carbocycles. The normalized spacial score (nSPS) is 13.5. The quantitative estimate of drug-likeness (QED) is 0.299. The number of pyridine rings is 2. The number of furan rings is 1. The van der Waals surface area contributed by atoms with Crippen molar-refractivity contribution in [3.05, 3.63) is 46.9 Å². The largest absolute Gasteiger partial charge is 0.447 e. The standard InChI is InChI=1S/C28H34ClN7O6/c1-34(2)12-13-35(3)28(40)19-8-9-20-24(31-19)25(26(42-20)27(39)32-21-10-7-18(29)16-30-21)33-22(37)6-4-5-11-36-14-15-41-17-23(36)38/h7-10,16H,4-6,11-15,17H2,1-3H3,(H,33,37)(H,30,32,39). The molecule has 3 aromatic heterocycles. The number of carbonyl (C=O) groups excluding carboxylic acids is 4. The van der Waals surface area contributed by atoms with Crippen molar-refractivity contribution in [2.75, 3.05) is 71.2 Å². The van der Waals surface area contributed by atoms with Gasteiger partial charge in [0.1, 0.15) is 29.3 Å². The molecule has 0 atom stereocenters. The van der Waals surface area contributed by atoms with Crippen LogP contribution in [0.3, 0.4) is 0 Å². The van der Waals surface area contributed by atoms with Crippen LogP contribution in [-0.4, -0.2) is 109 Å². The third-order valence-corrected chi connectivity index (χ3v) is 6.81. The van der Waals surface area contributed by atoms with Crippen LogP contribution in [0.4, 0.5) is 11.5 Å². The van der Waals surface area contributed by atoms with Gasteiger partial charge >= 0.3 is 0 Å². The Morgan fingerprint density at radius 2 is 1.88 bits per heavy atom. The van der Waals surface area contributed by atoms with Crippen molar-refractivity contribution in [1.82, 2.24) is 24.7 Å². The van der Waals surface area contributed by atoms with Gasteiger partial charge in [-0.15, -0.1) is 0 Å². The van der Waals surface area contributed by atoms with Gasteiger partial charge in [0.25, 0.3) is 11.8 Å². The summed E-state index contributed by atoms with van der Waals surface area (Å²) < 4.78 is 11.0. The summed E-state index contributed by atoms with van der Waals surface area (Å²) >= 11 is 5.89. The summed E-state index contributed by atoms with van der Waals surface area (Å²) in [6, 6.07) is 6.16. The van der Waals surface area contributed by atoms with Crippen molar-refractivity contribution < 1.29 is 28.3 Å². The number of anilines is 2. The number of ether oxygens (including phenoxy) is 1. The third kappa shape index (κ3) is 8.02. The van der Waals surface area contributed by atoms with E-state index in [9.17, 15) is 19.2 Å². The second-order valence-electron chi connectivity index (χ2n) is 10.1. The lowest BCUT2D eigenvalue weighted by molar-refractivity contribution is -0.142. The van der Waals surface area contributed by atoms with Gasteiger partial charge in [-0.2, -0.15) is 0 Å². The van der Waals surface area contributed by atoms with Crippen LogP contribution in [0.25, 0.3) is 11.1 Å². The molecule has 0 spiro atoms. The van der Waals surface area contributed by atoms with E-state index >= 15 is 0 Å². The van der Waals surface area contributed by atoms with Crippen LogP contribution in [0.5, 0.6) is 0 Å². The number of nitrogens with zero attached hydrogens (tertiary/aromatic N) is 5. The SMILES string of the molecule is CN(C)CCN(C)C(=O)c1ccc2oc(C(=O)Nc3ccc(Cl)cn3)c(NC(=O)CCCCN3CCOCC3=O)c2n1. The zero-order valence-electron chi connectivity index (χ0n) is 23.8. The number of nitrogens with one attached hydrogen (secondary N) is 2. The van der Waals surface area contributed by atoms with Gasteiger partial charge in [0.15, 0.2) is 5.58 Å². The summed E-state index contributed by atoms with van der Waals surface area (Å²) in [4.78, 5) is 65.0. The smallest absolute Gasteiger partial charge is 0.294 e. The highest BCUT2D eigenvalue weighted by atomic mass is 35.5. The lowest BCUT2D eigenvalue weighted by atomic mass is 10.2. The van der Waals surface area contributed by atoms with Crippen LogP contribution >= 0.6 is 11.6 Å². The molecule has 224 valence electrons. The van der Waals surface area contributed by atoms with Crippen LogP contribution in [0.15, 0.2) is 34.9 Å². The zero-order valence-corrected chi connectivity index (χ0v) is 24.6. The summed E-state index contributed by atoms with van der Waals surface area (Å²) in [6.45, 7) is 2.79. The first-order chi connectivity index (χ1) is 20.1. The molecule has 4 heterocycles. The summed E-state index contributed by atoms with van der Waals surface area (Å²) in [7, 11) is 5.51. The predicted octanol–water partition coefficient (Wildman–Crippen LogP) is 2.73. The van der Waals surface area contributed by atoms with E-state index in [1.54, 1.807) is 29.0 Å². The van der Waals surface area contributed by atoms with Crippen molar-refractivity contribution in [2.45, 2.75) is 19.3 Å². The van der Waals surface area contributed by atoms with Gasteiger partial charge in [-0.25, -0.2) is 9.97 Å². The first kappa shape index (κ1) is 30.9. The van der Waals surface area contributed by atoms with Crippen LogP contribution < -0.4 is 10.6 Å². The maximum absolute atomic E-state index is 13.2. The number of rotatable bonds is 12. The van der Waals surface area contributed by atoms with Gasteiger partial charge in [0.05, 0.1) is 11.6 Å². The molecule has 4 rings (SSSR count). The van der Waals surface area contributed by atoms with Gasteiger partial charge in [-0.05, 0) is 51.2 Å². The molecular formula is C28H34ClN7O6. The predicted molar refractivity (Wildman–Crippen MR) is 157 cm³/mol. The minimum Gasteiger partial charge on any atom is -0.447 e. The minimum atomic E-state index is -0.667. The van der Waals surface area contributed by atoms with Crippen molar-refractivity contribution in [2.24, 2.45) is 0 Å². The van der Waals surface area contributed by atoms with E-state index in [0.717, 1.165) is 0 Å². The molecule has 2 N–H and O–H groups in total. The Balaban J connectivity index is 1.53. The first-order valence-corrected chi connectivity index (χ1v) is 13.9. The molecule has 14 heteroatoms. The summed E-state index contributed by atoms with van der Waals surface area (Å²) in [5.74, 6) is -1.37. The molecule has 1 aliphatic heterocycles. The fraction of sp³-hybridized carbons (Fsp3) is 0.429.